The summed E-state index contributed by atoms with van der Waals surface area (Å²) in [5.41, 5.74) is 1.89. The molecule has 1 heterocycles. The van der Waals surface area contributed by atoms with Crippen LogP contribution in [0.2, 0.25) is 0 Å². The number of anilines is 1. The maximum absolute atomic E-state index is 11.7. The van der Waals surface area contributed by atoms with Crippen molar-refractivity contribution in [2.75, 3.05) is 58.3 Å². The summed E-state index contributed by atoms with van der Waals surface area (Å²) >= 11 is 0. The van der Waals surface area contributed by atoms with Gasteiger partial charge in [0.15, 0.2) is 12.6 Å². The number of piperazine rings is 1. The van der Waals surface area contributed by atoms with E-state index in [0.29, 0.717) is 18.0 Å². The Kier molecular flexibility index (Phi) is 8.19. The second-order valence-corrected chi connectivity index (χ2v) is 7.86. The number of nitrogens with one attached hydrogen (secondary N) is 1. The van der Waals surface area contributed by atoms with Crippen LogP contribution in [-0.2, 0) is 11.3 Å². The van der Waals surface area contributed by atoms with E-state index in [-0.39, 0.29) is 12.5 Å². The number of amides is 1. The van der Waals surface area contributed by atoms with Crippen molar-refractivity contribution in [2.45, 2.75) is 13.5 Å². The molecule has 2 aromatic rings. The van der Waals surface area contributed by atoms with Crippen LogP contribution in [0.4, 0.5) is 5.69 Å². The van der Waals surface area contributed by atoms with E-state index in [1.165, 1.54) is 4.90 Å². The van der Waals surface area contributed by atoms with Crippen LogP contribution in [0.1, 0.15) is 12.5 Å². The zero-order valence-electron chi connectivity index (χ0n) is 19.1. The van der Waals surface area contributed by atoms with Crippen molar-refractivity contribution in [1.82, 2.24) is 15.1 Å². The van der Waals surface area contributed by atoms with Crippen LogP contribution in [0.5, 0.6) is 11.5 Å². The standard InChI is InChI=1S/C24H33N5O3/c1-4-25-24(29-14-12-28(13-15-29)21-10-5-6-11-22(21)30)26-17-19-8-7-9-20(16-19)32-18-23(31)27(2)3/h5-11,16,30H,4,12-15,17-18H2,1-3H3,(H,25,26). The van der Waals surface area contributed by atoms with Crippen LogP contribution < -0.4 is 15.0 Å². The van der Waals surface area contributed by atoms with E-state index >= 15 is 0 Å². The van der Waals surface area contributed by atoms with Crippen molar-refractivity contribution >= 4 is 17.6 Å². The van der Waals surface area contributed by atoms with Crippen molar-refractivity contribution < 1.29 is 14.6 Å². The number of phenolic OH excluding ortho intramolecular Hbond substituents is 1. The van der Waals surface area contributed by atoms with Gasteiger partial charge in [0, 0.05) is 46.8 Å². The second-order valence-electron chi connectivity index (χ2n) is 7.86. The molecule has 3 rings (SSSR count). The first-order valence-corrected chi connectivity index (χ1v) is 11.0. The van der Waals surface area contributed by atoms with Gasteiger partial charge in [0.2, 0.25) is 0 Å². The van der Waals surface area contributed by atoms with Gasteiger partial charge >= 0.3 is 0 Å². The molecular formula is C24H33N5O3. The largest absolute Gasteiger partial charge is 0.506 e. The van der Waals surface area contributed by atoms with E-state index in [2.05, 4.69) is 22.0 Å². The molecular weight excluding hydrogens is 406 g/mol. The molecule has 8 heteroatoms. The average Bonchev–Trinajstić information content (AvgIpc) is 2.81. The third-order valence-corrected chi connectivity index (χ3v) is 5.31. The lowest BCUT2D eigenvalue weighted by Crippen LogP contribution is -2.52. The number of hydrogen-bond acceptors (Lipinski definition) is 5. The Morgan fingerprint density at radius 2 is 1.88 bits per heavy atom. The van der Waals surface area contributed by atoms with E-state index in [0.717, 1.165) is 49.9 Å². The van der Waals surface area contributed by atoms with Gasteiger partial charge in [0.25, 0.3) is 5.91 Å². The van der Waals surface area contributed by atoms with Crippen molar-refractivity contribution in [1.29, 1.82) is 0 Å². The Labute approximate surface area is 190 Å². The lowest BCUT2D eigenvalue weighted by atomic mass is 10.2. The molecule has 2 N–H and O–H groups in total. The third-order valence-electron chi connectivity index (χ3n) is 5.31. The summed E-state index contributed by atoms with van der Waals surface area (Å²) < 4.78 is 5.61. The van der Waals surface area contributed by atoms with E-state index in [4.69, 9.17) is 9.73 Å². The Balaban J connectivity index is 1.60. The molecule has 0 radical (unpaired) electrons. The maximum atomic E-state index is 11.7. The Morgan fingerprint density at radius 3 is 2.56 bits per heavy atom. The van der Waals surface area contributed by atoms with Crippen LogP contribution in [-0.4, -0.2) is 80.2 Å². The number of rotatable bonds is 7. The van der Waals surface area contributed by atoms with Crippen LogP contribution in [0.25, 0.3) is 0 Å². The Bertz CT molecular complexity index is 923. The summed E-state index contributed by atoms with van der Waals surface area (Å²) in [7, 11) is 3.42. The highest BCUT2D eigenvalue weighted by Crippen LogP contribution is 2.27. The van der Waals surface area contributed by atoms with Gasteiger partial charge in [0.05, 0.1) is 12.2 Å². The molecule has 0 bridgehead atoms. The number of carbonyl (C=O) groups is 1. The van der Waals surface area contributed by atoms with Crippen LogP contribution in [0.15, 0.2) is 53.5 Å². The molecule has 1 saturated heterocycles. The number of guanidine groups is 1. The lowest BCUT2D eigenvalue weighted by molar-refractivity contribution is -0.130. The number of likely N-dealkylation sites (N-methyl/N-ethyl adjacent to an activating group) is 1. The fourth-order valence-electron chi connectivity index (χ4n) is 3.49. The Morgan fingerprint density at radius 1 is 1.12 bits per heavy atom. The molecule has 0 spiro atoms. The van der Waals surface area contributed by atoms with Crippen LogP contribution >= 0.6 is 0 Å². The first-order chi connectivity index (χ1) is 15.5. The molecule has 0 aliphatic carbocycles. The zero-order chi connectivity index (χ0) is 22.9. The predicted molar refractivity (Wildman–Crippen MR) is 127 cm³/mol. The van der Waals surface area contributed by atoms with Crippen LogP contribution in [0, 0.1) is 0 Å². The summed E-state index contributed by atoms with van der Waals surface area (Å²) in [6.07, 6.45) is 0. The van der Waals surface area contributed by atoms with Crippen molar-refractivity contribution in [2.24, 2.45) is 4.99 Å². The maximum Gasteiger partial charge on any atom is 0.259 e. The Hall–Kier alpha value is -3.42. The van der Waals surface area contributed by atoms with E-state index in [1.807, 2.05) is 42.5 Å². The fourth-order valence-corrected chi connectivity index (χ4v) is 3.49. The summed E-state index contributed by atoms with van der Waals surface area (Å²) in [6, 6.07) is 15.1. The van der Waals surface area contributed by atoms with Crippen LogP contribution in [0.3, 0.4) is 0 Å². The zero-order valence-corrected chi connectivity index (χ0v) is 19.1. The number of aliphatic imine (C=N–C) groups is 1. The van der Waals surface area contributed by atoms with Gasteiger partial charge in [0.1, 0.15) is 11.5 Å². The molecule has 0 atom stereocenters. The molecule has 1 fully saturated rings. The molecule has 0 unspecified atom stereocenters. The van der Waals surface area contributed by atoms with Gasteiger partial charge in [-0.3, -0.25) is 4.79 Å². The first kappa shape index (κ1) is 23.2. The quantitative estimate of drug-likeness (QED) is 0.508. The molecule has 32 heavy (non-hydrogen) atoms. The molecule has 172 valence electrons. The summed E-state index contributed by atoms with van der Waals surface area (Å²) in [5.74, 6) is 1.77. The van der Waals surface area contributed by atoms with Gasteiger partial charge in [-0.05, 0) is 36.8 Å². The normalized spacial score (nSPS) is 14.3. The molecule has 0 saturated carbocycles. The fraction of sp³-hybridized carbons (Fsp3) is 0.417. The van der Waals surface area contributed by atoms with Gasteiger partial charge in [-0.15, -0.1) is 0 Å². The number of hydrogen-bond donors (Lipinski definition) is 2. The number of para-hydroxylation sites is 2. The number of carbonyl (C=O) groups excluding carboxylic acids is 1. The summed E-state index contributed by atoms with van der Waals surface area (Å²) in [4.78, 5) is 22.5. The topological polar surface area (TPSA) is 80.6 Å². The van der Waals surface area contributed by atoms with Crippen molar-refractivity contribution in [3.05, 3.63) is 54.1 Å². The molecule has 1 amide bonds. The average molecular weight is 440 g/mol. The molecule has 8 nitrogen and oxygen atoms in total. The molecule has 1 aliphatic rings. The minimum atomic E-state index is -0.0779. The highest BCUT2D eigenvalue weighted by molar-refractivity contribution is 5.80. The lowest BCUT2D eigenvalue weighted by Gasteiger charge is -2.37. The molecule has 2 aromatic carbocycles. The highest BCUT2D eigenvalue weighted by Gasteiger charge is 2.21. The smallest absolute Gasteiger partial charge is 0.259 e. The van der Waals surface area contributed by atoms with Crippen molar-refractivity contribution in [3.63, 3.8) is 0 Å². The van der Waals surface area contributed by atoms with E-state index < -0.39 is 0 Å². The number of nitrogens with zero attached hydrogens (tertiary/aromatic N) is 4. The van der Waals surface area contributed by atoms with E-state index in [9.17, 15) is 9.90 Å². The number of benzene rings is 2. The van der Waals surface area contributed by atoms with Gasteiger partial charge < -0.3 is 29.9 Å². The van der Waals surface area contributed by atoms with Gasteiger partial charge in [-0.25, -0.2) is 4.99 Å². The highest BCUT2D eigenvalue weighted by atomic mass is 16.5. The predicted octanol–water partition coefficient (Wildman–Crippen LogP) is 2.15. The molecule has 0 aromatic heterocycles. The monoisotopic (exact) mass is 439 g/mol. The second kappa shape index (κ2) is 11.3. The van der Waals surface area contributed by atoms with E-state index in [1.54, 1.807) is 20.2 Å². The minimum absolute atomic E-state index is 0.0175. The third kappa shape index (κ3) is 6.29. The van der Waals surface area contributed by atoms with Gasteiger partial charge in [-0.2, -0.15) is 0 Å². The van der Waals surface area contributed by atoms with Gasteiger partial charge in [-0.1, -0.05) is 24.3 Å². The summed E-state index contributed by atoms with van der Waals surface area (Å²) in [5, 5.41) is 13.5. The summed E-state index contributed by atoms with van der Waals surface area (Å²) in [6.45, 7) is 6.63. The number of phenols is 1. The van der Waals surface area contributed by atoms with Crippen molar-refractivity contribution in [3.8, 4) is 11.5 Å². The number of ether oxygens (including phenoxy) is 1. The minimum Gasteiger partial charge on any atom is -0.506 e. The SMILES string of the molecule is CCNC(=NCc1cccc(OCC(=O)N(C)C)c1)N1CCN(c2ccccc2O)CC1. The number of aromatic hydroxyl groups is 1. The first-order valence-electron chi connectivity index (χ1n) is 11.0. The molecule has 1 aliphatic heterocycles.